The minimum Gasteiger partial charge on any atom is -0.491 e. The minimum atomic E-state index is -0.152. The van der Waals surface area contributed by atoms with Crippen LogP contribution in [0.15, 0.2) is 30.3 Å². The molecule has 2 rings (SSSR count). The Morgan fingerprint density at radius 1 is 1.33 bits per heavy atom. The van der Waals surface area contributed by atoms with Gasteiger partial charge in [0.25, 0.3) is 0 Å². The maximum absolute atomic E-state index is 5.90. The summed E-state index contributed by atoms with van der Waals surface area (Å²) in [5.41, 5.74) is 5.93. The predicted octanol–water partition coefficient (Wildman–Crippen LogP) is 2.55. The van der Waals surface area contributed by atoms with Crippen LogP contribution >= 0.6 is 0 Å². The second-order valence-electron chi connectivity index (χ2n) is 5.33. The van der Waals surface area contributed by atoms with Crippen molar-refractivity contribution >= 4 is 0 Å². The Morgan fingerprint density at radius 2 is 2.05 bits per heavy atom. The fraction of sp³-hybridized carbons (Fsp3) is 0.438. The maximum Gasteiger partial charge on any atom is 0.124 e. The van der Waals surface area contributed by atoms with Crippen LogP contribution in [0.3, 0.4) is 0 Å². The van der Waals surface area contributed by atoms with Gasteiger partial charge in [0.05, 0.1) is 23.5 Å². The number of aromatic nitrogens is 2. The van der Waals surface area contributed by atoms with Crippen molar-refractivity contribution in [2.75, 3.05) is 0 Å². The molecule has 0 radical (unpaired) electrons. The van der Waals surface area contributed by atoms with Crippen LogP contribution in [0.4, 0.5) is 0 Å². The van der Waals surface area contributed by atoms with E-state index in [1.807, 2.05) is 49.7 Å². The van der Waals surface area contributed by atoms with Gasteiger partial charge in [-0.05, 0) is 39.8 Å². The third-order valence-electron chi connectivity index (χ3n) is 3.29. The standard InChI is InChI=1S/C16H24N4O/c1-5-20-14(10-12(4)19-20)16(18-17)13-8-6-7-9-15(13)21-11(2)3/h6-11,16,18H,5,17H2,1-4H3. The number of hydrogen-bond donors (Lipinski definition) is 2. The van der Waals surface area contributed by atoms with Crippen molar-refractivity contribution in [3.8, 4) is 5.75 Å². The maximum atomic E-state index is 5.90. The van der Waals surface area contributed by atoms with E-state index in [1.54, 1.807) is 0 Å². The molecule has 0 amide bonds. The molecule has 1 aromatic heterocycles. The monoisotopic (exact) mass is 288 g/mol. The Morgan fingerprint density at radius 3 is 2.67 bits per heavy atom. The number of ether oxygens (including phenoxy) is 1. The van der Waals surface area contributed by atoms with E-state index in [-0.39, 0.29) is 12.1 Å². The largest absolute Gasteiger partial charge is 0.491 e. The van der Waals surface area contributed by atoms with Gasteiger partial charge in [-0.15, -0.1) is 0 Å². The van der Waals surface area contributed by atoms with E-state index >= 15 is 0 Å². The van der Waals surface area contributed by atoms with E-state index < -0.39 is 0 Å². The summed E-state index contributed by atoms with van der Waals surface area (Å²) in [7, 11) is 0. The average molecular weight is 288 g/mol. The molecule has 3 N–H and O–H groups in total. The molecule has 0 bridgehead atoms. The van der Waals surface area contributed by atoms with Gasteiger partial charge >= 0.3 is 0 Å². The summed E-state index contributed by atoms with van der Waals surface area (Å²) < 4.78 is 7.87. The molecular formula is C16H24N4O. The van der Waals surface area contributed by atoms with Crippen LogP contribution in [0.2, 0.25) is 0 Å². The van der Waals surface area contributed by atoms with Gasteiger partial charge < -0.3 is 4.74 Å². The molecule has 0 aliphatic rings. The number of hydrogen-bond acceptors (Lipinski definition) is 4. The first kappa shape index (κ1) is 15.5. The first-order valence-electron chi connectivity index (χ1n) is 7.32. The van der Waals surface area contributed by atoms with Crippen LogP contribution in [-0.2, 0) is 6.54 Å². The highest BCUT2D eigenvalue weighted by Crippen LogP contribution is 2.30. The van der Waals surface area contributed by atoms with Crippen LogP contribution < -0.4 is 16.0 Å². The molecule has 0 aliphatic carbocycles. The third kappa shape index (κ3) is 3.43. The van der Waals surface area contributed by atoms with Crippen molar-refractivity contribution in [3.05, 3.63) is 47.3 Å². The fourth-order valence-corrected chi connectivity index (χ4v) is 2.47. The number of nitrogens with two attached hydrogens (primary N) is 1. The van der Waals surface area contributed by atoms with Gasteiger partial charge in [-0.25, -0.2) is 5.43 Å². The number of rotatable bonds is 6. The van der Waals surface area contributed by atoms with Gasteiger partial charge in [0, 0.05) is 12.1 Å². The zero-order valence-electron chi connectivity index (χ0n) is 13.1. The van der Waals surface area contributed by atoms with Crippen molar-refractivity contribution in [3.63, 3.8) is 0 Å². The molecule has 5 heteroatoms. The second kappa shape index (κ2) is 6.74. The van der Waals surface area contributed by atoms with E-state index in [2.05, 4.69) is 23.5 Å². The number of aryl methyl sites for hydroxylation is 2. The van der Waals surface area contributed by atoms with Gasteiger partial charge in [-0.3, -0.25) is 10.5 Å². The Labute approximate surface area is 126 Å². The molecule has 1 heterocycles. The molecule has 1 atom stereocenters. The average Bonchev–Trinajstić information content (AvgIpc) is 2.82. The van der Waals surface area contributed by atoms with Crippen LogP contribution in [0.5, 0.6) is 5.75 Å². The van der Waals surface area contributed by atoms with E-state index in [0.717, 1.165) is 29.2 Å². The lowest BCUT2D eigenvalue weighted by Crippen LogP contribution is -2.31. The van der Waals surface area contributed by atoms with Gasteiger partial charge in [0.1, 0.15) is 5.75 Å². The lowest BCUT2D eigenvalue weighted by molar-refractivity contribution is 0.238. The molecule has 21 heavy (non-hydrogen) atoms. The highest BCUT2D eigenvalue weighted by atomic mass is 16.5. The van der Waals surface area contributed by atoms with Crippen molar-refractivity contribution in [2.45, 2.75) is 46.4 Å². The number of nitrogens with zero attached hydrogens (tertiary/aromatic N) is 2. The quantitative estimate of drug-likeness (QED) is 0.633. The normalized spacial score (nSPS) is 12.7. The molecule has 0 saturated heterocycles. The number of nitrogens with one attached hydrogen (secondary N) is 1. The summed E-state index contributed by atoms with van der Waals surface area (Å²) in [6.45, 7) is 8.89. The Kier molecular flexibility index (Phi) is 4.98. The smallest absolute Gasteiger partial charge is 0.124 e. The lowest BCUT2D eigenvalue weighted by atomic mass is 10.0. The van der Waals surface area contributed by atoms with Gasteiger partial charge in [0.2, 0.25) is 0 Å². The molecular weight excluding hydrogens is 264 g/mol. The van der Waals surface area contributed by atoms with E-state index in [1.165, 1.54) is 0 Å². The third-order valence-corrected chi connectivity index (χ3v) is 3.29. The molecule has 0 spiro atoms. The zero-order chi connectivity index (χ0) is 15.4. The van der Waals surface area contributed by atoms with Crippen LogP contribution in [0.1, 0.15) is 43.8 Å². The highest BCUT2D eigenvalue weighted by Gasteiger charge is 2.21. The van der Waals surface area contributed by atoms with Crippen molar-refractivity contribution < 1.29 is 4.74 Å². The van der Waals surface area contributed by atoms with Gasteiger partial charge in [-0.1, -0.05) is 18.2 Å². The molecule has 0 aliphatic heterocycles. The van der Waals surface area contributed by atoms with Crippen molar-refractivity contribution in [1.29, 1.82) is 0 Å². The number of hydrazine groups is 1. The first-order valence-corrected chi connectivity index (χ1v) is 7.32. The summed E-state index contributed by atoms with van der Waals surface area (Å²) >= 11 is 0. The minimum absolute atomic E-state index is 0.113. The summed E-state index contributed by atoms with van der Waals surface area (Å²) in [6.07, 6.45) is 0.113. The Balaban J connectivity index is 2.46. The second-order valence-corrected chi connectivity index (χ2v) is 5.33. The lowest BCUT2D eigenvalue weighted by Gasteiger charge is -2.22. The first-order chi connectivity index (χ1) is 10.1. The van der Waals surface area contributed by atoms with E-state index in [9.17, 15) is 0 Å². The molecule has 2 aromatic rings. The van der Waals surface area contributed by atoms with Crippen LogP contribution in [-0.4, -0.2) is 15.9 Å². The van der Waals surface area contributed by atoms with Crippen molar-refractivity contribution in [1.82, 2.24) is 15.2 Å². The highest BCUT2D eigenvalue weighted by molar-refractivity contribution is 5.40. The van der Waals surface area contributed by atoms with Gasteiger partial charge in [-0.2, -0.15) is 5.10 Å². The molecule has 1 aromatic carbocycles. The molecule has 5 nitrogen and oxygen atoms in total. The summed E-state index contributed by atoms with van der Waals surface area (Å²) in [4.78, 5) is 0. The zero-order valence-corrected chi connectivity index (χ0v) is 13.1. The Bertz CT molecular complexity index is 592. The van der Waals surface area contributed by atoms with E-state index in [4.69, 9.17) is 10.6 Å². The topological polar surface area (TPSA) is 65.1 Å². The molecule has 0 saturated carbocycles. The van der Waals surface area contributed by atoms with Gasteiger partial charge in [0.15, 0.2) is 0 Å². The predicted molar refractivity (Wildman–Crippen MR) is 84.0 cm³/mol. The van der Waals surface area contributed by atoms with Crippen LogP contribution in [0, 0.1) is 6.92 Å². The number of benzene rings is 1. The molecule has 114 valence electrons. The summed E-state index contributed by atoms with van der Waals surface area (Å²) in [5, 5.41) is 4.49. The molecule has 1 unspecified atom stereocenters. The van der Waals surface area contributed by atoms with Crippen LogP contribution in [0.25, 0.3) is 0 Å². The van der Waals surface area contributed by atoms with Crippen molar-refractivity contribution in [2.24, 2.45) is 5.84 Å². The Hall–Kier alpha value is -1.85. The van der Waals surface area contributed by atoms with E-state index in [0.29, 0.717) is 0 Å². The summed E-state index contributed by atoms with van der Waals surface area (Å²) in [6, 6.07) is 9.87. The SMILES string of the molecule is CCn1nc(C)cc1C(NN)c1ccccc1OC(C)C. The molecule has 0 fully saturated rings. The number of para-hydroxylation sites is 1. The fourth-order valence-electron chi connectivity index (χ4n) is 2.47. The summed E-state index contributed by atoms with van der Waals surface area (Å²) in [5.74, 6) is 6.67.